The minimum absolute atomic E-state index is 0.0520. The molecule has 0 spiro atoms. The number of amides is 1. The standard InChI is InChI=1S/C21H19ClN2O2/c22-16-6-8-18(9-7-16)24-21(25)14-15-23-17-10-12-20(13-11-17)26-19-4-2-1-3-5-19/h1-13,23H,14-15H2,(H,24,25). The predicted molar refractivity (Wildman–Crippen MR) is 106 cm³/mol. The van der Waals surface area contributed by atoms with E-state index in [-0.39, 0.29) is 5.91 Å². The van der Waals surface area contributed by atoms with E-state index in [4.69, 9.17) is 16.3 Å². The van der Waals surface area contributed by atoms with Crippen LogP contribution >= 0.6 is 11.6 Å². The number of halogens is 1. The number of para-hydroxylation sites is 1. The molecule has 4 nitrogen and oxygen atoms in total. The number of anilines is 2. The van der Waals surface area contributed by atoms with Crippen LogP contribution in [0.25, 0.3) is 0 Å². The maximum absolute atomic E-state index is 11.9. The summed E-state index contributed by atoms with van der Waals surface area (Å²) in [5.74, 6) is 1.51. The Labute approximate surface area is 157 Å². The van der Waals surface area contributed by atoms with E-state index in [0.717, 1.165) is 22.9 Å². The molecule has 26 heavy (non-hydrogen) atoms. The Hall–Kier alpha value is -2.98. The molecule has 0 radical (unpaired) electrons. The Bertz CT molecular complexity index is 834. The lowest BCUT2D eigenvalue weighted by Crippen LogP contribution is -2.16. The van der Waals surface area contributed by atoms with Gasteiger partial charge in [0.1, 0.15) is 11.5 Å². The van der Waals surface area contributed by atoms with Gasteiger partial charge in [-0.15, -0.1) is 0 Å². The minimum atomic E-state index is -0.0520. The third-order valence-electron chi connectivity index (χ3n) is 3.64. The van der Waals surface area contributed by atoms with Gasteiger partial charge < -0.3 is 15.4 Å². The van der Waals surface area contributed by atoms with E-state index >= 15 is 0 Å². The molecule has 0 saturated heterocycles. The monoisotopic (exact) mass is 366 g/mol. The molecule has 0 aliphatic heterocycles. The van der Waals surface area contributed by atoms with Crippen molar-refractivity contribution in [2.45, 2.75) is 6.42 Å². The van der Waals surface area contributed by atoms with Gasteiger partial charge in [-0.3, -0.25) is 4.79 Å². The van der Waals surface area contributed by atoms with Crippen molar-refractivity contribution in [1.82, 2.24) is 0 Å². The highest BCUT2D eigenvalue weighted by Crippen LogP contribution is 2.22. The van der Waals surface area contributed by atoms with Gasteiger partial charge in [0.25, 0.3) is 0 Å². The average Bonchev–Trinajstić information content (AvgIpc) is 2.66. The quantitative estimate of drug-likeness (QED) is 0.574. The van der Waals surface area contributed by atoms with Gasteiger partial charge in [0, 0.05) is 29.4 Å². The third kappa shape index (κ3) is 5.53. The number of hydrogen-bond acceptors (Lipinski definition) is 3. The van der Waals surface area contributed by atoms with Gasteiger partial charge in [-0.05, 0) is 60.7 Å². The molecule has 3 rings (SSSR count). The molecule has 0 heterocycles. The molecule has 0 fully saturated rings. The topological polar surface area (TPSA) is 50.4 Å². The Morgan fingerprint density at radius 2 is 1.42 bits per heavy atom. The second-order valence-corrected chi connectivity index (χ2v) is 6.11. The van der Waals surface area contributed by atoms with Crippen molar-refractivity contribution in [3.63, 3.8) is 0 Å². The summed E-state index contributed by atoms with van der Waals surface area (Å²) in [6.45, 7) is 0.540. The van der Waals surface area contributed by atoms with E-state index in [0.29, 0.717) is 18.0 Å². The Morgan fingerprint density at radius 3 is 2.12 bits per heavy atom. The predicted octanol–water partition coefficient (Wildman–Crippen LogP) is 5.57. The van der Waals surface area contributed by atoms with Crippen LogP contribution in [0.15, 0.2) is 78.9 Å². The van der Waals surface area contributed by atoms with Gasteiger partial charge >= 0.3 is 0 Å². The van der Waals surface area contributed by atoms with E-state index in [1.54, 1.807) is 24.3 Å². The SMILES string of the molecule is O=C(CCNc1ccc(Oc2ccccc2)cc1)Nc1ccc(Cl)cc1. The highest BCUT2D eigenvalue weighted by atomic mass is 35.5. The Morgan fingerprint density at radius 1 is 0.808 bits per heavy atom. The van der Waals surface area contributed by atoms with E-state index in [1.165, 1.54) is 0 Å². The van der Waals surface area contributed by atoms with Crippen LogP contribution in [0.3, 0.4) is 0 Å². The maximum atomic E-state index is 11.9. The van der Waals surface area contributed by atoms with Crippen molar-refractivity contribution in [3.05, 3.63) is 83.9 Å². The lowest BCUT2D eigenvalue weighted by atomic mass is 10.2. The fraction of sp³-hybridized carbons (Fsp3) is 0.0952. The number of hydrogen-bond donors (Lipinski definition) is 2. The first-order valence-corrected chi connectivity index (χ1v) is 8.69. The van der Waals surface area contributed by atoms with Crippen LogP contribution in [0.5, 0.6) is 11.5 Å². The Kier molecular flexibility index (Phi) is 6.12. The van der Waals surface area contributed by atoms with Gasteiger partial charge in [0.2, 0.25) is 5.91 Å². The molecular weight excluding hydrogens is 348 g/mol. The number of carbonyl (C=O) groups excluding carboxylic acids is 1. The molecule has 0 unspecified atom stereocenters. The smallest absolute Gasteiger partial charge is 0.226 e. The second kappa shape index (κ2) is 8.92. The van der Waals surface area contributed by atoms with Crippen LogP contribution in [0.1, 0.15) is 6.42 Å². The van der Waals surface area contributed by atoms with Gasteiger partial charge in [-0.2, -0.15) is 0 Å². The zero-order valence-electron chi connectivity index (χ0n) is 14.1. The molecule has 0 atom stereocenters. The van der Waals surface area contributed by atoms with Crippen molar-refractivity contribution in [2.24, 2.45) is 0 Å². The summed E-state index contributed by atoms with van der Waals surface area (Å²) in [4.78, 5) is 11.9. The van der Waals surface area contributed by atoms with Crippen molar-refractivity contribution >= 4 is 28.9 Å². The van der Waals surface area contributed by atoms with Crippen LogP contribution in [0.2, 0.25) is 5.02 Å². The number of benzene rings is 3. The second-order valence-electron chi connectivity index (χ2n) is 5.67. The fourth-order valence-electron chi connectivity index (χ4n) is 2.34. The van der Waals surface area contributed by atoms with Crippen molar-refractivity contribution in [2.75, 3.05) is 17.2 Å². The number of ether oxygens (including phenoxy) is 1. The van der Waals surface area contributed by atoms with E-state index in [1.807, 2.05) is 54.6 Å². The zero-order chi connectivity index (χ0) is 18.2. The van der Waals surface area contributed by atoms with Gasteiger partial charge in [0.15, 0.2) is 0 Å². The summed E-state index contributed by atoms with van der Waals surface area (Å²) in [5, 5.41) is 6.70. The first kappa shape index (κ1) is 17.8. The van der Waals surface area contributed by atoms with Crippen molar-refractivity contribution < 1.29 is 9.53 Å². The largest absolute Gasteiger partial charge is 0.457 e. The maximum Gasteiger partial charge on any atom is 0.226 e. The van der Waals surface area contributed by atoms with Crippen LogP contribution < -0.4 is 15.4 Å². The van der Waals surface area contributed by atoms with Gasteiger partial charge in [-0.1, -0.05) is 29.8 Å². The lowest BCUT2D eigenvalue weighted by Gasteiger charge is -2.09. The summed E-state index contributed by atoms with van der Waals surface area (Å²) in [5.41, 5.74) is 1.67. The minimum Gasteiger partial charge on any atom is -0.457 e. The summed E-state index contributed by atoms with van der Waals surface area (Å²) in [6.07, 6.45) is 0.366. The number of carbonyl (C=O) groups is 1. The van der Waals surface area contributed by atoms with Gasteiger partial charge in [0.05, 0.1) is 0 Å². The van der Waals surface area contributed by atoms with Crippen molar-refractivity contribution in [3.8, 4) is 11.5 Å². The lowest BCUT2D eigenvalue weighted by molar-refractivity contribution is -0.115. The molecule has 3 aromatic rings. The molecule has 3 aromatic carbocycles. The third-order valence-corrected chi connectivity index (χ3v) is 3.89. The zero-order valence-corrected chi connectivity index (χ0v) is 14.9. The molecular formula is C21H19ClN2O2. The number of nitrogens with one attached hydrogen (secondary N) is 2. The Balaban J connectivity index is 1.43. The highest BCUT2D eigenvalue weighted by molar-refractivity contribution is 6.30. The van der Waals surface area contributed by atoms with Crippen LogP contribution in [0.4, 0.5) is 11.4 Å². The van der Waals surface area contributed by atoms with Crippen molar-refractivity contribution in [1.29, 1.82) is 0 Å². The molecule has 132 valence electrons. The normalized spacial score (nSPS) is 10.2. The summed E-state index contributed by atoms with van der Waals surface area (Å²) >= 11 is 5.82. The van der Waals surface area contributed by atoms with E-state index < -0.39 is 0 Å². The van der Waals surface area contributed by atoms with Crippen LogP contribution in [-0.4, -0.2) is 12.5 Å². The molecule has 0 saturated carbocycles. The molecule has 0 aliphatic carbocycles. The summed E-state index contributed by atoms with van der Waals surface area (Å²) < 4.78 is 5.75. The summed E-state index contributed by atoms with van der Waals surface area (Å²) in [7, 11) is 0. The fourth-order valence-corrected chi connectivity index (χ4v) is 2.47. The summed E-state index contributed by atoms with van der Waals surface area (Å²) in [6, 6.07) is 24.3. The van der Waals surface area contributed by atoms with E-state index in [2.05, 4.69) is 10.6 Å². The first-order valence-electron chi connectivity index (χ1n) is 8.31. The van der Waals surface area contributed by atoms with E-state index in [9.17, 15) is 4.79 Å². The van der Waals surface area contributed by atoms with Crippen LogP contribution in [0, 0.1) is 0 Å². The number of rotatable bonds is 7. The van der Waals surface area contributed by atoms with Gasteiger partial charge in [-0.25, -0.2) is 0 Å². The molecule has 1 amide bonds. The molecule has 5 heteroatoms. The molecule has 0 bridgehead atoms. The van der Waals surface area contributed by atoms with Crippen LogP contribution in [-0.2, 0) is 4.79 Å². The average molecular weight is 367 g/mol. The molecule has 0 aliphatic rings. The first-order chi connectivity index (χ1) is 12.7. The highest BCUT2D eigenvalue weighted by Gasteiger charge is 2.03. The molecule has 0 aromatic heterocycles. The molecule has 2 N–H and O–H groups in total.